The zero-order valence-electron chi connectivity index (χ0n) is 16.9. The number of benzene rings is 2. The van der Waals surface area contributed by atoms with Crippen LogP contribution < -0.4 is 4.90 Å². The molecule has 2 aliphatic rings. The monoisotopic (exact) mass is 418 g/mol. The zero-order chi connectivity index (χ0) is 20.8. The van der Waals surface area contributed by atoms with Crippen molar-refractivity contribution < 1.29 is 14.3 Å². The van der Waals surface area contributed by atoms with Crippen LogP contribution in [0.15, 0.2) is 64.4 Å². The van der Waals surface area contributed by atoms with Crippen molar-refractivity contribution in [2.45, 2.75) is 42.5 Å². The Morgan fingerprint density at radius 1 is 1.00 bits per heavy atom. The van der Waals surface area contributed by atoms with Crippen molar-refractivity contribution in [3.63, 3.8) is 0 Å². The summed E-state index contributed by atoms with van der Waals surface area (Å²) in [7, 11) is 0. The molecular formula is C24H22N2O3S. The Hall–Kier alpha value is -2.99. The van der Waals surface area contributed by atoms with E-state index in [1.54, 1.807) is 16.7 Å². The lowest BCUT2D eigenvalue weighted by atomic mass is 10.2. The third-order valence-electron chi connectivity index (χ3n) is 5.62. The summed E-state index contributed by atoms with van der Waals surface area (Å²) in [5.41, 5.74) is 4.15. The number of rotatable bonds is 4. The van der Waals surface area contributed by atoms with Crippen molar-refractivity contribution in [1.29, 1.82) is 0 Å². The molecule has 1 aliphatic carbocycles. The number of fused-ring (bicyclic) bond motifs is 2. The topological polar surface area (TPSA) is 51.5 Å². The van der Waals surface area contributed by atoms with Crippen LogP contribution in [0.5, 0.6) is 0 Å². The predicted octanol–water partition coefficient (Wildman–Crippen LogP) is 5.43. The lowest BCUT2D eigenvalue weighted by Gasteiger charge is -2.30. The van der Waals surface area contributed by atoms with Gasteiger partial charge in [0.2, 0.25) is 0 Å². The zero-order valence-corrected chi connectivity index (χ0v) is 17.7. The third kappa shape index (κ3) is 3.21. The third-order valence-corrected chi connectivity index (χ3v) is 6.75. The van der Waals surface area contributed by atoms with Crippen LogP contribution in [-0.4, -0.2) is 23.1 Å². The second kappa shape index (κ2) is 7.36. The molecule has 5 rings (SSSR count). The first-order chi connectivity index (χ1) is 14.5. The number of esters is 1. The fourth-order valence-corrected chi connectivity index (χ4v) is 5.18. The molecule has 0 spiro atoms. The van der Waals surface area contributed by atoms with E-state index in [1.165, 1.54) is 0 Å². The van der Waals surface area contributed by atoms with Gasteiger partial charge in [-0.3, -0.25) is 9.69 Å². The molecule has 0 atom stereocenters. The van der Waals surface area contributed by atoms with Gasteiger partial charge in [-0.05, 0) is 57.0 Å². The molecule has 2 heterocycles. The van der Waals surface area contributed by atoms with Gasteiger partial charge < -0.3 is 9.30 Å². The number of para-hydroxylation sites is 2. The molecule has 5 nitrogen and oxygen atoms in total. The summed E-state index contributed by atoms with van der Waals surface area (Å²) in [5, 5.41) is 0. The van der Waals surface area contributed by atoms with Crippen molar-refractivity contribution in [1.82, 2.24) is 4.57 Å². The van der Waals surface area contributed by atoms with Gasteiger partial charge in [-0.15, -0.1) is 0 Å². The average Bonchev–Trinajstić information content (AvgIpc) is 3.54. The molecule has 0 bridgehead atoms. The first kappa shape index (κ1) is 19.0. The summed E-state index contributed by atoms with van der Waals surface area (Å²) >= 11 is 1.64. The molecule has 0 saturated heterocycles. The van der Waals surface area contributed by atoms with Gasteiger partial charge in [0.1, 0.15) is 0 Å². The highest BCUT2D eigenvalue weighted by Gasteiger charge is 2.31. The Morgan fingerprint density at radius 3 is 2.20 bits per heavy atom. The van der Waals surface area contributed by atoms with Gasteiger partial charge in [-0.25, -0.2) is 4.79 Å². The number of amides is 1. The summed E-state index contributed by atoms with van der Waals surface area (Å²) in [5.74, 6) is -0.712. The number of hydrogen-bond donors (Lipinski definition) is 0. The van der Waals surface area contributed by atoms with Gasteiger partial charge in [0.25, 0.3) is 5.91 Å². The van der Waals surface area contributed by atoms with Gasteiger partial charge in [-0.1, -0.05) is 36.0 Å². The molecule has 1 fully saturated rings. The van der Waals surface area contributed by atoms with E-state index in [1.807, 2.05) is 68.4 Å². The molecular weight excluding hydrogens is 396 g/mol. The van der Waals surface area contributed by atoms with E-state index in [0.717, 1.165) is 45.4 Å². The molecule has 1 saturated carbocycles. The summed E-state index contributed by atoms with van der Waals surface area (Å²) in [6, 6.07) is 17.9. The Labute approximate surface area is 179 Å². The lowest BCUT2D eigenvalue weighted by molar-refractivity contribution is -0.121. The minimum atomic E-state index is -0.448. The Morgan fingerprint density at radius 2 is 1.60 bits per heavy atom. The largest absolute Gasteiger partial charge is 0.452 e. The molecule has 3 aromatic rings. The van der Waals surface area contributed by atoms with Crippen molar-refractivity contribution >= 4 is 35.0 Å². The number of aromatic nitrogens is 1. The number of ether oxygens (including phenoxy) is 1. The molecule has 6 heteroatoms. The quantitative estimate of drug-likeness (QED) is 0.531. The number of carbonyl (C=O) groups excluding carboxylic acids is 2. The lowest BCUT2D eigenvalue weighted by Crippen LogP contribution is -2.32. The maximum absolute atomic E-state index is 13.2. The van der Waals surface area contributed by atoms with Crippen LogP contribution in [0.2, 0.25) is 0 Å². The van der Waals surface area contributed by atoms with Gasteiger partial charge >= 0.3 is 5.97 Å². The molecule has 1 amide bonds. The maximum atomic E-state index is 13.2. The molecule has 1 aromatic heterocycles. The molecule has 0 N–H and O–H groups in total. The van der Waals surface area contributed by atoms with Crippen LogP contribution >= 0.6 is 11.8 Å². The molecule has 0 unspecified atom stereocenters. The van der Waals surface area contributed by atoms with Crippen molar-refractivity contribution in [2.75, 3.05) is 11.5 Å². The minimum absolute atomic E-state index is 0.264. The van der Waals surface area contributed by atoms with E-state index < -0.39 is 5.97 Å². The number of anilines is 2. The highest BCUT2D eigenvalue weighted by Crippen LogP contribution is 2.47. The van der Waals surface area contributed by atoms with Gasteiger partial charge in [0.15, 0.2) is 6.61 Å². The number of hydrogen-bond acceptors (Lipinski definition) is 4. The van der Waals surface area contributed by atoms with Crippen LogP contribution in [0.25, 0.3) is 0 Å². The number of nitrogens with zero attached hydrogens (tertiary/aromatic N) is 2. The van der Waals surface area contributed by atoms with Crippen LogP contribution in [0.3, 0.4) is 0 Å². The average molecular weight is 419 g/mol. The van der Waals surface area contributed by atoms with Crippen molar-refractivity contribution in [2.24, 2.45) is 0 Å². The fraction of sp³-hybridized carbons (Fsp3) is 0.250. The van der Waals surface area contributed by atoms with E-state index in [9.17, 15) is 9.59 Å². The van der Waals surface area contributed by atoms with Crippen LogP contribution in [-0.2, 0) is 9.53 Å². The summed E-state index contributed by atoms with van der Waals surface area (Å²) in [4.78, 5) is 29.6. The number of carbonyl (C=O) groups is 2. The predicted molar refractivity (Wildman–Crippen MR) is 117 cm³/mol. The summed E-state index contributed by atoms with van der Waals surface area (Å²) in [6.45, 7) is 3.64. The molecule has 2 aromatic carbocycles. The fourth-order valence-electron chi connectivity index (χ4n) is 4.12. The highest BCUT2D eigenvalue weighted by molar-refractivity contribution is 7.99. The highest BCUT2D eigenvalue weighted by atomic mass is 32.2. The second-order valence-corrected chi connectivity index (χ2v) is 8.81. The molecule has 0 radical (unpaired) electrons. The van der Waals surface area contributed by atoms with E-state index in [-0.39, 0.29) is 12.5 Å². The van der Waals surface area contributed by atoms with Crippen molar-refractivity contribution in [3.8, 4) is 0 Å². The minimum Gasteiger partial charge on any atom is -0.452 e. The number of aryl methyl sites for hydroxylation is 1. The van der Waals surface area contributed by atoms with E-state index in [4.69, 9.17) is 4.74 Å². The van der Waals surface area contributed by atoms with Crippen LogP contribution in [0.4, 0.5) is 11.4 Å². The summed E-state index contributed by atoms with van der Waals surface area (Å²) in [6.07, 6.45) is 2.30. The normalized spacial score (nSPS) is 14.8. The van der Waals surface area contributed by atoms with E-state index in [2.05, 4.69) is 4.57 Å². The maximum Gasteiger partial charge on any atom is 0.340 e. The smallest absolute Gasteiger partial charge is 0.340 e. The summed E-state index contributed by atoms with van der Waals surface area (Å²) < 4.78 is 7.67. The van der Waals surface area contributed by atoms with Gasteiger partial charge in [0.05, 0.1) is 16.9 Å². The second-order valence-electron chi connectivity index (χ2n) is 7.73. The van der Waals surface area contributed by atoms with Gasteiger partial charge in [-0.2, -0.15) is 0 Å². The Balaban J connectivity index is 1.38. The SMILES string of the molecule is Cc1cc(C(=O)OCC(=O)N2c3ccccc3Sc3ccccc32)c(C)n1C1CC1. The van der Waals surface area contributed by atoms with Crippen LogP contribution in [0, 0.1) is 13.8 Å². The first-order valence-electron chi connectivity index (χ1n) is 10.1. The molecule has 152 valence electrons. The molecule has 30 heavy (non-hydrogen) atoms. The first-order valence-corrected chi connectivity index (χ1v) is 10.9. The standard InChI is InChI=1S/C24H22N2O3S/c1-15-13-18(16(2)25(15)17-11-12-17)24(28)29-14-23(27)26-19-7-3-5-9-21(19)30-22-10-6-4-8-20(22)26/h3-10,13,17H,11-12,14H2,1-2H3. The van der Waals surface area contributed by atoms with Gasteiger partial charge in [0, 0.05) is 27.2 Å². The Bertz CT molecular complexity index is 1120. The molecule has 1 aliphatic heterocycles. The van der Waals surface area contributed by atoms with E-state index in [0.29, 0.717) is 11.6 Å². The van der Waals surface area contributed by atoms with E-state index >= 15 is 0 Å². The Kier molecular flexibility index (Phi) is 4.66. The van der Waals surface area contributed by atoms with Crippen LogP contribution in [0.1, 0.15) is 40.6 Å². The van der Waals surface area contributed by atoms with Crippen molar-refractivity contribution in [3.05, 3.63) is 71.5 Å².